The molecule has 0 saturated heterocycles. The monoisotopic (exact) mass is 359 g/mol. The summed E-state index contributed by atoms with van der Waals surface area (Å²) in [7, 11) is 0. The smallest absolute Gasteiger partial charge is 0.119 e. The molecular weight excluding hydrogens is 338 g/mol. The number of hydrogen-bond acceptors (Lipinski definition) is 4. The lowest BCUT2D eigenvalue weighted by Crippen LogP contribution is -2.06. The molecule has 136 valence electrons. The number of pyridine rings is 1. The first-order valence-electron chi connectivity index (χ1n) is 9.06. The molecule has 0 radical (unpaired) electrons. The highest BCUT2D eigenvalue weighted by molar-refractivity contribution is 6.00. The lowest BCUT2D eigenvalue weighted by molar-refractivity contribution is 0.201. The normalized spacial score (nSPS) is 13.4. The van der Waals surface area contributed by atoms with Gasteiger partial charge in [0.05, 0.1) is 6.61 Å². The third kappa shape index (κ3) is 3.57. The highest BCUT2D eigenvalue weighted by atomic mass is 16.5. The first-order valence-corrected chi connectivity index (χ1v) is 9.06. The number of aliphatic hydroxyl groups excluding tert-OH is 1. The van der Waals surface area contributed by atoms with E-state index in [4.69, 9.17) is 9.84 Å². The number of phenolic OH excluding ortho intramolecular Hbond substituents is 1. The van der Waals surface area contributed by atoms with Gasteiger partial charge in [-0.2, -0.15) is 0 Å². The van der Waals surface area contributed by atoms with Crippen LogP contribution in [0.2, 0.25) is 0 Å². The number of ether oxygens (including phenoxy) is 1. The molecule has 1 heterocycles. The third-order valence-corrected chi connectivity index (χ3v) is 4.82. The van der Waals surface area contributed by atoms with Gasteiger partial charge in [0.2, 0.25) is 0 Å². The minimum absolute atomic E-state index is 0.00503. The third-order valence-electron chi connectivity index (χ3n) is 4.82. The summed E-state index contributed by atoms with van der Waals surface area (Å²) in [5, 5.41) is 18.8. The molecule has 2 aromatic carbocycles. The van der Waals surface area contributed by atoms with Gasteiger partial charge in [0.1, 0.15) is 18.1 Å². The number of fused-ring (bicyclic) bond motifs is 1. The van der Waals surface area contributed by atoms with Gasteiger partial charge in [0, 0.05) is 12.4 Å². The largest absolute Gasteiger partial charge is 0.508 e. The number of nitrogens with zero attached hydrogens (tertiary/aromatic N) is 1. The zero-order valence-electron chi connectivity index (χ0n) is 14.9. The second-order valence-electron chi connectivity index (χ2n) is 6.53. The van der Waals surface area contributed by atoms with E-state index in [2.05, 4.69) is 11.1 Å². The van der Waals surface area contributed by atoms with Crippen molar-refractivity contribution < 1.29 is 14.9 Å². The van der Waals surface area contributed by atoms with Gasteiger partial charge in [-0.3, -0.25) is 4.98 Å². The molecule has 4 heteroatoms. The van der Waals surface area contributed by atoms with Crippen LogP contribution in [0.25, 0.3) is 11.1 Å². The van der Waals surface area contributed by atoms with Gasteiger partial charge < -0.3 is 14.9 Å². The van der Waals surface area contributed by atoms with Crippen LogP contribution < -0.4 is 4.74 Å². The SMILES string of the molecule is OCCOc1ccc(C2=C(c3cccnc3)CCc3cc(O)ccc32)cc1. The maximum absolute atomic E-state index is 9.88. The maximum atomic E-state index is 9.88. The Kier molecular flexibility index (Phi) is 4.90. The van der Waals surface area contributed by atoms with Gasteiger partial charge in [-0.25, -0.2) is 0 Å². The van der Waals surface area contributed by atoms with Crippen molar-refractivity contribution in [2.24, 2.45) is 0 Å². The van der Waals surface area contributed by atoms with E-state index in [9.17, 15) is 5.11 Å². The molecule has 1 aromatic heterocycles. The molecule has 3 aromatic rings. The van der Waals surface area contributed by atoms with Crippen LogP contribution in [0, 0.1) is 0 Å². The molecule has 4 rings (SSSR count). The van der Waals surface area contributed by atoms with Crippen molar-refractivity contribution in [3.8, 4) is 11.5 Å². The number of aryl methyl sites for hydroxylation is 1. The fraction of sp³-hybridized carbons (Fsp3) is 0.174. The number of phenols is 1. The van der Waals surface area contributed by atoms with Gasteiger partial charge >= 0.3 is 0 Å². The number of hydrogen-bond donors (Lipinski definition) is 2. The molecule has 2 N–H and O–H groups in total. The second kappa shape index (κ2) is 7.64. The van der Waals surface area contributed by atoms with Gasteiger partial charge in [0.25, 0.3) is 0 Å². The topological polar surface area (TPSA) is 62.6 Å². The van der Waals surface area contributed by atoms with E-state index in [0.717, 1.165) is 46.4 Å². The number of aromatic nitrogens is 1. The van der Waals surface area contributed by atoms with E-state index in [-0.39, 0.29) is 13.2 Å². The highest BCUT2D eigenvalue weighted by Crippen LogP contribution is 2.41. The van der Waals surface area contributed by atoms with Crippen LogP contribution in [0.3, 0.4) is 0 Å². The van der Waals surface area contributed by atoms with E-state index < -0.39 is 0 Å². The standard InChI is InChI=1S/C23H21NO3/c25-12-13-27-20-7-3-16(4-8-20)23-21-10-6-19(26)14-17(21)5-9-22(23)18-2-1-11-24-15-18/h1-4,6-8,10-11,14-15,25-26H,5,9,12-13H2. The summed E-state index contributed by atoms with van der Waals surface area (Å²) in [6.45, 7) is 0.278. The predicted molar refractivity (Wildman–Crippen MR) is 106 cm³/mol. The summed E-state index contributed by atoms with van der Waals surface area (Å²) in [6, 6.07) is 17.6. The Morgan fingerprint density at radius 1 is 0.963 bits per heavy atom. The van der Waals surface area contributed by atoms with Crippen molar-refractivity contribution >= 4 is 11.1 Å². The summed E-state index contributed by atoms with van der Waals surface area (Å²) in [5.41, 5.74) is 6.92. The lowest BCUT2D eigenvalue weighted by atomic mass is 9.80. The van der Waals surface area contributed by atoms with Crippen LogP contribution in [0.4, 0.5) is 0 Å². The predicted octanol–water partition coefficient (Wildman–Crippen LogP) is 4.06. The quantitative estimate of drug-likeness (QED) is 0.721. The molecule has 0 fully saturated rings. The van der Waals surface area contributed by atoms with E-state index >= 15 is 0 Å². The zero-order chi connectivity index (χ0) is 18.6. The molecule has 27 heavy (non-hydrogen) atoms. The van der Waals surface area contributed by atoms with Crippen molar-refractivity contribution in [3.05, 3.63) is 89.2 Å². The maximum Gasteiger partial charge on any atom is 0.119 e. The van der Waals surface area contributed by atoms with Crippen LogP contribution in [0.1, 0.15) is 28.7 Å². The Hall–Kier alpha value is -3.11. The molecule has 0 atom stereocenters. The van der Waals surface area contributed by atoms with Crippen molar-refractivity contribution in [2.75, 3.05) is 13.2 Å². The van der Waals surface area contributed by atoms with Crippen molar-refractivity contribution in [3.63, 3.8) is 0 Å². The van der Waals surface area contributed by atoms with Crippen LogP contribution in [0.5, 0.6) is 11.5 Å². The van der Waals surface area contributed by atoms with Crippen molar-refractivity contribution in [1.82, 2.24) is 4.98 Å². The molecule has 0 aliphatic heterocycles. The van der Waals surface area contributed by atoms with Gasteiger partial charge in [-0.05, 0) is 76.6 Å². The van der Waals surface area contributed by atoms with Crippen molar-refractivity contribution in [1.29, 1.82) is 0 Å². The average molecular weight is 359 g/mol. The summed E-state index contributed by atoms with van der Waals surface area (Å²) in [5.74, 6) is 1.03. The van der Waals surface area contributed by atoms with Crippen LogP contribution >= 0.6 is 0 Å². The Balaban J connectivity index is 1.84. The Labute approximate surface area is 158 Å². The second-order valence-corrected chi connectivity index (χ2v) is 6.53. The van der Waals surface area contributed by atoms with Gasteiger partial charge in [-0.15, -0.1) is 0 Å². The van der Waals surface area contributed by atoms with Gasteiger partial charge in [0.15, 0.2) is 0 Å². The first-order chi connectivity index (χ1) is 13.3. The fourth-order valence-corrected chi connectivity index (χ4v) is 3.62. The van der Waals surface area contributed by atoms with Crippen LogP contribution in [-0.4, -0.2) is 28.4 Å². The number of allylic oxidation sites excluding steroid dienone is 1. The Morgan fingerprint density at radius 3 is 2.56 bits per heavy atom. The first kappa shape index (κ1) is 17.3. The molecule has 1 aliphatic rings. The summed E-state index contributed by atoms with van der Waals surface area (Å²) in [6.07, 6.45) is 5.46. The molecule has 0 bridgehead atoms. The minimum atomic E-state index is -0.00503. The van der Waals surface area contributed by atoms with Crippen LogP contribution in [0.15, 0.2) is 67.0 Å². The summed E-state index contributed by atoms with van der Waals surface area (Å²) < 4.78 is 5.49. The molecule has 0 amide bonds. The average Bonchev–Trinajstić information content (AvgIpc) is 2.72. The lowest BCUT2D eigenvalue weighted by Gasteiger charge is -2.24. The summed E-state index contributed by atoms with van der Waals surface area (Å²) in [4.78, 5) is 4.29. The molecule has 4 nitrogen and oxygen atoms in total. The number of aromatic hydroxyl groups is 1. The molecule has 0 unspecified atom stereocenters. The Bertz CT molecular complexity index is 963. The number of benzene rings is 2. The highest BCUT2D eigenvalue weighted by Gasteiger charge is 2.22. The molecule has 1 aliphatic carbocycles. The molecular formula is C23H21NO3. The molecule has 0 spiro atoms. The van der Waals surface area contributed by atoms with Gasteiger partial charge in [-0.1, -0.05) is 24.3 Å². The minimum Gasteiger partial charge on any atom is -0.508 e. The Morgan fingerprint density at radius 2 is 1.81 bits per heavy atom. The van der Waals surface area contributed by atoms with Crippen LogP contribution in [-0.2, 0) is 6.42 Å². The van der Waals surface area contributed by atoms with E-state index in [1.807, 2.05) is 48.7 Å². The fourth-order valence-electron chi connectivity index (χ4n) is 3.62. The van der Waals surface area contributed by atoms with E-state index in [1.54, 1.807) is 12.3 Å². The number of rotatable bonds is 5. The summed E-state index contributed by atoms with van der Waals surface area (Å²) >= 11 is 0. The number of aliphatic hydroxyl groups is 1. The molecule has 0 saturated carbocycles. The van der Waals surface area contributed by atoms with Crippen molar-refractivity contribution in [2.45, 2.75) is 12.8 Å². The van der Waals surface area contributed by atoms with E-state index in [0.29, 0.717) is 5.75 Å². The zero-order valence-corrected chi connectivity index (χ0v) is 14.9. The van der Waals surface area contributed by atoms with E-state index in [1.165, 1.54) is 5.57 Å².